The van der Waals surface area contributed by atoms with Gasteiger partial charge in [0.25, 0.3) is 0 Å². The van der Waals surface area contributed by atoms with Crippen LogP contribution in [0.1, 0.15) is 65.2 Å². The van der Waals surface area contributed by atoms with Gasteiger partial charge in [-0.25, -0.2) is 4.79 Å². The van der Waals surface area contributed by atoms with Gasteiger partial charge in [-0.15, -0.1) is 0 Å². The smallest absolute Gasteiger partial charge is 0.329 e. The molecule has 0 bridgehead atoms. The molecule has 5 heteroatoms. The maximum absolute atomic E-state index is 11.7. The van der Waals surface area contributed by atoms with Crippen molar-refractivity contribution in [3.05, 3.63) is 0 Å². The van der Waals surface area contributed by atoms with Gasteiger partial charge in [0.05, 0.1) is 6.42 Å². The number of carbonyl (C=O) groups excluding carboxylic acids is 3. The number of esters is 1. The van der Waals surface area contributed by atoms with Crippen molar-refractivity contribution >= 4 is 17.7 Å². The van der Waals surface area contributed by atoms with Crippen LogP contribution in [0.25, 0.3) is 0 Å². The number of hydrogen-bond acceptors (Lipinski definition) is 4. The first-order chi connectivity index (χ1) is 9.56. The average Bonchev–Trinajstić information content (AvgIpc) is 2.74. The molecule has 0 aromatic heterocycles. The minimum Gasteiger partial charge on any atom is -0.461 e. The van der Waals surface area contributed by atoms with Crippen LogP contribution in [0.2, 0.25) is 0 Å². The minimum absolute atomic E-state index is 0.0711. The molecule has 0 aromatic carbocycles. The quantitative estimate of drug-likeness (QED) is 0.519. The Morgan fingerprint density at radius 1 is 1.25 bits per heavy atom. The zero-order valence-electron chi connectivity index (χ0n) is 12.4. The fraction of sp³-hybridized carbons (Fsp3) is 0.800. The number of rotatable bonds is 9. The lowest BCUT2D eigenvalue weighted by atomic mass is 10.1. The molecule has 20 heavy (non-hydrogen) atoms. The van der Waals surface area contributed by atoms with Crippen molar-refractivity contribution in [3.63, 3.8) is 0 Å². The highest BCUT2D eigenvalue weighted by Crippen LogP contribution is 2.20. The van der Waals surface area contributed by atoms with Gasteiger partial charge in [0.1, 0.15) is 17.9 Å². The van der Waals surface area contributed by atoms with Crippen LogP contribution in [0.3, 0.4) is 0 Å². The first kappa shape index (κ1) is 16.7. The SMILES string of the molecule is CCCCC(=O)CC(=O)NC1CC(CCCC)OC1=O. The second kappa shape index (κ2) is 8.72. The Balaban J connectivity index is 2.31. The molecular weight excluding hydrogens is 258 g/mol. The van der Waals surface area contributed by atoms with E-state index in [1.807, 2.05) is 6.92 Å². The third-order valence-electron chi connectivity index (χ3n) is 3.45. The van der Waals surface area contributed by atoms with E-state index in [9.17, 15) is 14.4 Å². The second-order valence-electron chi connectivity index (χ2n) is 5.38. The van der Waals surface area contributed by atoms with Crippen molar-refractivity contribution in [3.8, 4) is 0 Å². The molecule has 0 spiro atoms. The van der Waals surface area contributed by atoms with E-state index in [-0.39, 0.29) is 30.2 Å². The zero-order valence-corrected chi connectivity index (χ0v) is 12.4. The first-order valence-corrected chi connectivity index (χ1v) is 7.58. The summed E-state index contributed by atoms with van der Waals surface area (Å²) in [4.78, 5) is 34.8. The largest absolute Gasteiger partial charge is 0.461 e. The van der Waals surface area contributed by atoms with E-state index in [2.05, 4.69) is 12.2 Å². The topological polar surface area (TPSA) is 72.5 Å². The molecule has 0 radical (unpaired) electrons. The first-order valence-electron chi connectivity index (χ1n) is 7.58. The summed E-state index contributed by atoms with van der Waals surface area (Å²) in [7, 11) is 0. The molecule has 1 rings (SSSR count). The Labute approximate surface area is 120 Å². The maximum Gasteiger partial charge on any atom is 0.329 e. The molecule has 1 fully saturated rings. The molecule has 2 atom stereocenters. The second-order valence-corrected chi connectivity index (χ2v) is 5.38. The predicted molar refractivity (Wildman–Crippen MR) is 75.1 cm³/mol. The third-order valence-corrected chi connectivity index (χ3v) is 3.45. The number of hydrogen-bond donors (Lipinski definition) is 1. The molecular formula is C15H25NO4. The Morgan fingerprint density at radius 2 is 1.95 bits per heavy atom. The molecule has 1 saturated heterocycles. The standard InChI is InChI=1S/C15H25NO4/c1-3-5-7-11(17)9-14(18)16-13-10-12(8-6-4-2)20-15(13)19/h12-13H,3-10H2,1-2H3,(H,16,18). The van der Waals surface area contributed by atoms with Gasteiger partial charge in [-0.3, -0.25) is 9.59 Å². The zero-order chi connectivity index (χ0) is 15.0. The third kappa shape index (κ3) is 5.72. The maximum atomic E-state index is 11.7. The lowest BCUT2D eigenvalue weighted by Crippen LogP contribution is -2.38. The van der Waals surface area contributed by atoms with Gasteiger partial charge in [0, 0.05) is 12.8 Å². The van der Waals surface area contributed by atoms with E-state index >= 15 is 0 Å². The van der Waals surface area contributed by atoms with E-state index < -0.39 is 6.04 Å². The molecule has 0 aromatic rings. The van der Waals surface area contributed by atoms with Gasteiger partial charge in [0.15, 0.2) is 0 Å². The molecule has 1 amide bonds. The summed E-state index contributed by atoms with van der Waals surface area (Å²) >= 11 is 0. The van der Waals surface area contributed by atoms with E-state index in [1.54, 1.807) is 0 Å². The van der Waals surface area contributed by atoms with Crippen LogP contribution >= 0.6 is 0 Å². The van der Waals surface area contributed by atoms with Crippen LogP contribution < -0.4 is 5.32 Å². The van der Waals surface area contributed by atoms with Crippen molar-refractivity contribution in [2.45, 2.75) is 77.4 Å². The number of carbonyl (C=O) groups is 3. The van der Waals surface area contributed by atoms with E-state index in [0.29, 0.717) is 12.8 Å². The summed E-state index contributed by atoms with van der Waals surface area (Å²) in [5, 5.41) is 2.61. The van der Waals surface area contributed by atoms with Crippen LogP contribution in [0.5, 0.6) is 0 Å². The lowest BCUT2D eigenvalue weighted by Gasteiger charge is -2.08. The summed E-state index contributed by atoms with van der Waals surface area (Å²) in [6, 6.07) is -0.580. The monoisotopic (exact) mass is 283 g/mol. The normalized spacial score (nSPS) is 21.6. The highest BCUT2D eigenvalue weighted by molar-refractivity contribution is 5.99. The van der Waals surface area contributed by atoms with Crippen LogP contribution in [0.4, 0.5) is 0 Å². The van der Waals surface area contributed by atoms with Gasteiger partial charge in [-0.05, 0) is 12.8 Å². The number of ether oxygens (including phenoxy) is 1. The van der Waals surface area contributed by atoms with Crippen molar-refractivity contribution < 1.29 is 19.1 Å². The van der Waals surface area contributed by atoms with Crippen molar-refractivity contribution in [1.82, 2.24) is 5.32 Å². The van der Waals surface area contributed by atoms with E-state index in [4.69, 9.17) is 4.74 Å². The molecule has 1 aliphatic rings. The Hall–Kier alpha value is -1.39. The number of unbranched alkanes of at least 4 members (excludes halogenated alkanes) is 2. The Bertz CT molecular complexity index is 354. The van der Waals surface area contributed by atoms with Crippen molar-refractivity contribution in [1.29, 1.82) is 0 Å². The van der Waals surface area contributed by atoms with Crippen LogP contribution in [0.15, 0.2) is 0 Å². The molecule has 5 nitrogen and oxygen atoms in total. The van der Waals surface area contributed by atoms with Gasteiger partial charge in [-0.1, -0.05) is 33.1 Å². The number of Topliss-reactive ketones (excluding diaryl/α,β-unsaturated/α-hetero) is 1. The Morgan fingerprint density at radius 3 is 2.60 bits per heavy atom. The van der Waals surface area contributed by atoms with Crippen LogP contribution in [-0.4, -0.2) is 29.8 Å². The van der Waals surface area contributed by atoms with Gasteiger partial charge in [-0.2, -0.15) is 0 Å². The number of nitrogens with one attached hydrogen (secondary N) is 1. The lowest BCUT2D eigenvalue weighted by molar-refractivity contribution is -0.144. The summed E-state index contributed by atoms with van der Waals surface area (Å²) in [5.41, 5.74) is 0. The molecule has 0 saturated carbocycles. The van der Waals surface area contributed by atoms with E-state index in [0.717, 1.165) is 32.1 Å². The van der Waals surface area contributed by atoms with Crippen LogP contribution in [0, 0.1) is 0 Å². The van der Waals surface area contributed by atoms with E-state index in [1.165, 1.54) is 0 Å². The summed E-state index contributed by atoms with van der Waals surface area (Å²) in [5.74, 6) is -0.817. The van der Waals surface area contributed by atoms with Crippen molar-refractivity contribution in [2.75, 3.05) is 0 Å². The molecule has 2 unspecified atom stereocenters. The molecule has 1 heterocycles. The minimum atomic E-state index is -0.580. The fourth-order valence-corrected chi connectivity index (χ4v) is 2.27. The number of ketones is 1. The Kier molecular flexibility index (Phi) is 7.26. The van der Waals surface area contributed by atoms with Gasteiger partial charge < -0.3 is 10.1 Å². The fourth-order valence-electron chi connectivity index (χ4n) is 2.27. The molecule has 114 valence electrons. The summed E-state index contributed by atoms with van der Waals surface area (Å²) in [6.45, 7) is 4.08. The highest BCUT2D eigenvalue weighted by atomic mass is 16.6. The summed E-state index contributed by atoms with van der Waals surface area (Å²) in [6.07, 6.45) is 5.35. The number of cyclic esters (lactones) is 1. The summed E-state index contributed by atoms with van der Waals surface area (Å²) < 4.78 is 5.21. The van der Waals surface area contributed by atoms with Crippen LogP contribution in [-0.2, 0) is 19.1 Å². The predicted octanol–water partition coefficient (Wildman–Crippen LogP) is 2.13. The van der Waals surface area contributed by atoms with Crippen molar-refractivity contribution in [2.24, 2.45) is 0 Å². The van der Waals surface area contributed by atoms with Gasteiger partial charge >= 0.3 is 5.97 Å². The molecule has 0 aliphatic carbocycles. The molecule has 1 N–H and O–H groups in total. The number of amides is 1. The average molecular weight is 283 g/mol. The van der Waals surface area contributed by atoms with Gasteiger partial charge in [0.2, 0.25) is 5.91 Å². The highest BCUT2D eigenvalue weighted by Gasteiger charge is 2.35. The molecule has 1 aliphatic heterocycles.